The Morgan fingerprint density at radius 1 is 1.00 bits per heavy atom. The summed E-state index contributed by atoms with van der Waals surface area (Å²) in [6.07, 6.45) is 9.06. The maximum Gasteiger partial charge on any atom is 0.438 e. The molecule has 2 aromatic carbocycles. The van der Waals surface area contributed by atoms with E-state index in [2.05, 4.69) is 90.7 Å². The average molecular weight is 794 g/mol. The summed E-state index contributed by atoms with van der Waals surface area (Å²) in [4.78, 5) is 51.2. The Balaban J connectivity index is 1.10. The molecule has 302 valence electrons. The molecule has 1 saturated carbocycles. The van der Waals surface area contributed by atoms with Crippen molar-refractivity contribution in [3.8, 4) is 22.6 Å². The molecule has 0 bridgehead atoms. The minimum atomic E-state index is -0.789. The molecule has 5 aromatic heterocycles. The van der Waals surface area contributed by atoms with E-state index in [0.29, 0.717) is 49.9 Å². The van der Waals surface area contributed by atoms with Crippen molar-refractivity contribution < 1.29 is 14.1 Å². The summed E-state index contributed by atoms with van der Waals surface area (Å²) in [5.74, 6) is 0.289. The number of H-pyrrole nitrogens is 1. The average Bonchev–Trinajstić information content (AvgIpc) is 3.72. The highest BCUT2D eigenvalue weighted by Gasteiger charge is 2.59. The number of aryl methyl sites for hydroxylation is 3. The van der Waals surface area contributed by atoms with Crippen LogP contribution in [0.4, 0.5) is 0 Å². The number of nitrogens with one attached hydrogen (secondary N) is 1. The van der Waals surface area contributed by atoms with Gasteiger partial charge < -0.3 is 14.2 Å². The molecule has 3 aliphatic rings. The fourth-order valence-electron chi connectivity index (χ4n) is 9.78. The topological polar surface area (TPSA) is 151 Å². The van der Waals surface area contributed by atoms with Crippen LogP contribution in [0.2, 0.25) is 0 Å². The van der Waals surface area contributed by atoms with Crippen molar-refractivity contribution in [1.29, 1.82) is 0 Å². The molecule has 0 radical (unpaired) electrons. The molecule has 14 nitrogen and oxygen atoms in total. The molecular formula is C45H47N9O5. The van der Waals surface area contributed by atoms with Gasteiger partial charge in [0.2, 0.25) is 0 Å². The number of fused-ring (bicyclic) bond motifs is 2. The molecule has 0 unspecified atom stereocenters. The van der Waals surface area contributed by atoms with Crippen molar-refractivity contribution in [2.24, 2.45) is 5.92 Å². The standard InChI is InChI=1S/C45H47N9O5/c1-6-36-29(5)34(9-13-46-36)30-7-8-38-31(22-30)23-39(53(38)45(24-28(45)4)42-47-43(56)59-49-42)41(55)50-14-10-37-35(25-50)40(54(48-37)33-20-26(2)19-27(3)21-33)52-16-15-51(44(52)57)32-11-17-58-18-12-32/h7-9,13,15-16,19-23,28,32H,6,10-12,14,17-18,24-25H2,1-5H3,(H,47,49,56)/t28-,45-/m0/s1. The van der Waals surface area contributed by atoms with Crippen LogP contribution in [0.25, 0.3) is 33.5 Å². The van der Waals surface area contributed by atoms with E-state index < -0.39 is 11.3 Å². The molecule has 7 aromatic rings. The Labute approximate surface area is 340 Å². The Morgan fingerprint density at radius 3 is 2.49 bits per heavy atom. The largest absolute Gasteiger partial charge is 0.438 e. The van der Waals surface area contributed by atoms with E-state index in [0.717, 1.165) is 80.6 Å². The zero-order valence-electron chi connectivity index (χ0n) is 34.0. The lowest BCUT2D eigenvalue weighted by Gasteiger charge is -2.29. The van der Waals surface area contributed by atoms with Gasteiger partial charge in [0, 0.05) is 73.0 Å². The van der Waals surface area contributed by atoms with Gasteiger partial charge in [-0.25, -0.2) is 14.3 Å². The van der Waals surface area contributed by atoms with Gasteiger partial charge in [0.15, 0.2) is 5.82 Å². The van der Waals surface area contributed by atoms with Crippen LogP contribution >= 0.6 is 0 Å². The van der Waals surface area contributed by atoms with Crippen LogP contribution in [0.15, 0.2) is 81.2 Å². The lowest BCUT2D eigenvalue weighted by molar-refractivity contribution is 0.0686. The van der Waals surface area contributed by atoms with Gasteiger partial charge in [0.05, 0.1) is 17.9 Å². The molecule has 0 spiro atoms. The first kappa shape index (κ1) is 37.0. The van der Waals surface area contributed by atoms with Crippen molar-refractivity contribution in [1.82, 2.24) is 43.5 Å². The molecule has 1 saturated heterocycles. The fourth-order valence-corrected chi connectivity index (χ4v) is 9.78. The van der Waals surface area contributed by atoms with Crippen LogP contribution in [0.1, 0.15) is 89.1 Å². The Kier molecular flexibility index (Phi) is 8.74. The van der Waals surface area contributed by atoms with Crippen LogP contribution in [0.5, 0.6) is 0 Å². The van der Waals surface area contributed by atoms with Crippen molar-refractivity contribution in [2.75, 3.05) is 19.8 Å². The first-order chi connectivity index (χ1) is 28.5. The minimum Gasteiger partial charge on any atom is -0.381 e. The SMILES string of the molecule is CCc1nccc(-c2ccc3c(c2)cc(C(=O)N2CCc4nn(-c5cc(C)cc(C)c5)c(-n5ccn(C6CCOCC6)c5=O)c4C2)n3[C@@]2(c3noc(=O)[nH]3)C[C@@H]2C)c1C. The third-order valence-electron chi connectivity index (χ3n) is 12.9. The van der Waals surface area contributed by atoms with Gasteiger partial charge in [-0.15, -0.1) is 0 Å². The zero-order chi connectivity index (χ0) is 40.7. The number of ether oxygens (including phenoxy) is 1. The molecule has 10 rings (SSSR count). The van der Waals surface area contributed by atoms with Gasteiger partial charge >= 0.3 is 11.4 Å². The van der Waals surface area contributed by atoms with E-state index in [-0.39, 0.29) is 30.1 Å². The lowest BCUT2D eigenvalue weighted by Crippen LogP contribution is -2.39. The second kappa shape index (κ2) is 13.9. The number of rotatable bonds is 8. The van der Waals surface area contributed by atoms with Crippen LogP contribution in [0, 0.1) is 26.7 Å². The maximum atomic E-state index is 15.3. The number of carbonyl (C=O) groups is 1. The number of hydrogen-bond acceptors (Lipinski definition) is 8. The Morgan fingerprint density at radius 2 is 1.78 bits per heavy atom. The van der Waals surface area contributed by atoms with Crippen molar-refractivity contribution >= 4 is 16.8 Å². The number of hydrogen-bond donors (Lipinski definition) is 1. The number of aromatic nitrogens is 8. The number of pyridine rings is 1. The van der Waals surface area contributed by atoms with Gasteiger partial charge in [-0.1, -0.05) is 31.1 Å². The molecule has 1 aliphatic carbocycles. The van der Waals surface area contributed by atoms with Gasteiger partial charge in [-0.05, 0) is 117 Å². The molecule has 2 fully saturated rings. The van der Waals surface area contributed by atoms with Crippen LogP contribution in [-0.2, 0) is 29.7 Å². The number of amides is 1. The number of carbonyl (C=O) groups excluding carboxylic acids is 1. The van der Waals surface area contributed by atoms with Crippen LogP contribution in [0.3, 0.4) is 0 Å². The molecular weight excluding hydrogens is 747 g/mol. The van der Waals surface area contributed by atoms with E-state index in [1.54, 1.807) is 4.57 Å². The zero-order valence-corrected chi connectivity index (χ0v) is 34.0. The second-order valence-corrected chi connectivity index (χ2v) is 16.6. The third-order valence-corrected chi connectivity index (χ3v) is 12.9. The molecule has 2 aliphatic heterocycles. The second-order valence-electron chi connectivity index (χ2n) is 16.6. The minimum absolute atomic E-state index is 0.0411. The van der Waals surface area contributed by atoms with Gasteiger partial charge in [-0.2, -0.15) is 5.10 Å². The smallest absolute Gasteiger partial charge is 0.381 e. The van der Waals surface area contributed by atoms with Crippen LogP contribution < -0.4 is 11.4 Å². The van der Waals surface area contributed by atoms with Crippen molar-refractivity contribution in [2.45, 2.75) is 84.8 Å². The highest BCUT2D eigenvalue weighted by molar-refractivity contribution is 6.00. The molecule has 1 amide bonds. The molecule has 2 atom stereocenters. The summed E-state index contributed by atoms with van der Waals surface area (Å²) in [6, 6.07) is 16.6. The Hall–Kier alpha value is -6.28. The number of benzene rings is 2. The highest BCUT2D eigenvalue weighted by Crippen LogP contribution is 2.56. The molecule has 14 heteroatoms. The van der Waals surface area contributed by atoms with Gasteiger partial charge in [0.25, 0.3) is 5.91 Å². The maximum absolute atomic E-state index is 15.3. The summed E-state index contributed by atoms with van der Waals surface area (Å²) in [7, 11) is 0. The summed E-state index contributed by atoms with van der Waals surface area (Å²) >= 11 is 0. The predicted molar refractivity (Wildman–Crippen MR) is 221 cm³/mol. The molecule has 1 N–H and O–H groups in total. The van der Waals surface area contributed by atoms with E-state index in [9.17, 15) is 9.59 Å². The first-order valence-electron chi connectivity index (χ1n) is 20.6. The third kappa shape index (κ3) is 5.94. The van der Waals surface area contributed by atoms with E-state index in [4.69, 9.17) is 14.4 Å². The van der Waals surface area contributed by atoms with Crippen molar-refractivity contribution in [3.63, 3.8) is 0 Å². The first-order valence-corrected chi connectivity index (χ1v) is 20.6. The number of aromatic amines is 1. The van der Waals surface area contributed by atoms with E-state index >= 15 is 4.79 Å². The number of nitrogens with zero attached hydrogens (tertiary/aromatic N) is 8. The normalized spacial score (nSPS) is 19.4. The summed E-state index contributed by atoms with van der Waals surface area (Å²) in [5, 5.41) is 10.2. The highest BCUT2D eigenvalue weighted by atomic mass is 16.5. The van der Waals surface area contributed by atoms with Gasteiger partial charge in [-0.3, -0.25) is 28.4 Å². The Bertz CT molecular complexity index is 2900. The monoisotopic (exact) mass is 793 g/mol. The van der Waals surface area contributed by atoms with Crippen molar-refractivity contribution in [3.05, 3.63) is 133 Å². The quantitative estimate of drug-likeness (QED) is 0.187. The van der Waals surface area contributed by atoms with E-state index in [1.807, 2.05) is 44.9 Å². The molecule has 59 heavy (non-hydrogen) atoms. The predicted octanol–water partition coefficient (Wildman–Crippen LogP) is 6.34. The van der Waals surface area contributed by atoms with E-state index in [1.165, 1.54) is 0 Å². The molecule has 7 heterocycles. The summed E-state index contributed by atoms with van der Waals surface area (Å²) in [6.45, 7) is 12.3. The van der Waals surface area contributed by atoms with Crippen LogP contribution in [-0.4, -0.2) is 69.2 Å². The lowest BCUT2D eigenvalue weighted by atomic mass is 9.98. The summed E-state index contributed by atoms with van der Waals surface area (Å²) in [5.41, 5.74) is 9.40. The number of imidazole rings is 1. The fraction of sp³-hybridized carbons (Fsp3) is 0.378. The van der Waals surface area contributed by atoms with Gasteiger partial charge in [0.1, 0.15) is 17.1 Å². The summed E-state index contributed by atoms with van der Waals surface area (Å²) < 4.78 is 18.1.